The third-order valence-electron chi connectivity index (χ3n) is 4.68. The first-order valence-electron chi connectivity index (χ1n) is 9.60. The van der Waals surface area contributed by atoms with Gasteiger partial charge in [-0.15, -0.1) is 0 Å². The van der Waals surface area contributed by atoms with E-state index in [-0.39, 0.29) is 9.77 Å². The molecule has 0 saturated heterocycles. The molecule has 3 aromatic carbocycles. The van der Waals surface area contributed by atoms with Crippen molar-refractivity contribution in [2.45, 2.75) is 11.4 Å². The van der Waals surface area contributed by atoms with Crippen LogP contribution in [0, 0.1) is 0 Å². The Morgan fingerprint density at radius 1 is 1.06 bits per heavy atom. The highest BCUT2D eigenvalue weighted by Gasteiger charge is 2.17. The third-order valence-corrected chi connectivity index (χ3v) is 7.25. The summed E-state index contributed by atoms with van der Waals surface area (Å²) in [7, 11) is -3.83. The summed E-state index contributed by atoms with van der Waals surface area (Å²) in [6.07, 6.45) is 1.63. The minimum atomic E-state index is -3.83. The van der Waals surface area contributed by atoms with Crippen LogP contribution in [0.1, 0.15) is 5.56 Å². The predicted octanol–water partition coefficient (Wildman–Crippen LogP) is 5.13. The normalized spacial score (nSPS) is 11.4. The molecule has 0 saturated carbocycles. The number of halogens is 1. The first kappa shape index (κ1) is 22.1. The summed E-state index contributed by atoms with van der Waals surface area (Å²) in [5.41, 5.74) is 2.01. The van der Waals surface area contributed by atoms with E-state index in [4.69, 9.17) is 16.3 Å². The lowest BCUT2D eigenvalue weighted by Gasteiger charge is -2.10. The highest BCUT2D eigenvalue weighted by Crippen LogP contribution is 2.25. The smallest absolute Gasteiger partial charge is 0.308 e. The minimum absolute atomic E-state index is 0.0804. The number of aromatic nitrogens is 1. The molecule has 0 atom stereocenters. The molecule has 4 rings (SSSR count). The van der Waals surface area contributed by atoms with E-state index in [1.54, 1.807) is 53.1 Å². The van der Waals surface area contributed by atoms with Crippen molar-refractivity contribution < 1.29 is 13.2 Å². The van der Waals surface area contributed by atoms with Crippen LogP contribution in [0.5, 0.6) is 5.75 Å². The monoisotopic (exact) mass is 486 g/mol. The van der Waals surface area contributed by atoms with Gasteiger partial charge >= 0.3 is 4.87 Å². The lowest BCUT2D eigenvalue weighted by Crippen LogP contribution is -2.14. The molecule has 0 radical (unpaired) electrons. The van der Waals surface area contributed by atoms with E-state index < -0.39 is 10.0 Å². The van der Waals surface area contributed by atoms with E-state index in [0.717, 1.165) is 16.9 Å². The van der Waals surface area contributed by atoms with Gasteiger partial charge in [-0.05, 0) is 60.2 Å². The molecular weight excluding hydrogens is 468 g/mol. The number of fused-ring (bicyclic) bond motifs is 1. The fourth-order valence-corrected chi connectivity index (χ4v) is 5.34. The van der Waals surface area contributed by atoms with E-state index in [1.165, 1.54) is 12.1 Å². The van der Waals surface area contributed by atoms with E-state index in [0.29, 0.717) is 39.8 Å². The SMILES string of the molecule is C=CCOc1ccc(NS(=O)(=O)c2ccc3c(c2)sc(=O)n3Cc2ccc(Cl)cc2)cc1. The maximum Gasteiger partial charge on any atom is 0.308 e. The fourth-order valence-electron chi connectivity index (χ4n) is 3.12. The molecule has 32 heavy (non-hydrogen) atoms. The molecule has 0 aliphatic carbocycles. The Labute approximate surface area is 194 Å². The van der Waals surface area contributed by atoms with Crippen molar-refractivity contribution in [3.63, 3.8) is 0 Å². The van der Waals surface area contributed by atoms with Gasteiger partial charge in [0.25, 0.3) is 10.0 Å². The highest BCUT2D eigenvalue weighted by molar-refractivity contribution is 7.92. The molecule has 0 bridgehead atoms. The van der Waals surface area contributed by atoms with E-state index in [9.17, 15) is 13.2 Å². The van der Waals surface area contributed by atoms with Crippen LogP contribution in [0.15, 0.2) is 89.1 Å². The van der Waals surface area contributed by atoms with Gasteiger partial charge in [0.1, 0.15) is 12.4 Å². The van der Waals surface area contributed by atoms with Gasteiger partial charge in [-0.3, -0.25) is 14.1 Å². The summed E-state index contributed by atoms with van der Waals surface area (Å²) in [4.78, 5) is 12.5. The Morgan fingerprint density at radius 2 is 1.78 bits per heavy atom. The van der Waals surface area contributed by atoms with Crippen molar-refractivity contribution in [2.24, 2.45) is 0 Å². The van der Waals surface area contributed by atoms with Crippen LogP contribution in [0.3, 0.4) is 0 Å². The van der Waals surface area contributed by atoms with Crippen molar-refractivity contribution in [2.75, 3.05) is 11.3 Å². The van der Waals surface area contributed by atoms with Crippen molar-refractivity contribution >= 4 is 48.9 Å². The molecule has 164 valence electrons. The average molecular weight is 487 g/mol. The number of anilines is 1. The lowest BCUT2D eigenvalue weighted by molar-refractivity contribution is 0.363. The third kappa shape index (κ3) is 4.88. The summed E-state index contributed by atoms with van der Waals surface area (Å²) in [5.74, 6) is 0.612. The molecule has 0 aliphatic rings. The maximum atomic E-state index is 12.9. The van der Waals surface area contributed by atoms with Crippen molar-refractivity contribution in [1.29, 1.82) is 0 Å². The molecule has 0 fully saturated rings. The van der Waals surface area contributed by atoms with Crippen LogP contribution in [0.2, 0.25) is 5.02 Å². The van der Waals surface area contributed by atoms with Gasteiger partial charge in [0, 0.05) is 10.7 Å². The Morgan fingerprint density at radius 3 is 2.47 bits per heavy atom. The van der Waals surface area contributed by atoms with Crippen molar-refractivity contribution in [3.8, 4) is 5.75 Å². The molecule has 1 heterocycles. The standard InChI is InChI=1S/C23H19ClN2O4S2/c1-2-13-30-19-9-7-18(8-10-19)25-32(28,29)20-11-12-21-22(14-20)31-23(27)26(21)15-16-3-5-17(24)6-4-16/h2-12,14,25H,1,13,15H2. The zero-order valence-electron chi connectivity index (χ0n) is 16.8. The molecule has 1 aromatic heterocycles. The molecule has 4 aromatic rings. The number of ether oxygens (including phenoxy) is 1. The Bertz CT molecular complexity index is 1420. The summed E-state index contributed by atoms with van der Waals surface area (Å²) >= 11 is 6.94. The molecule has 0 spiro atoms. The van der Waals surface area contributed by atoms with E-state index >= 15 is 0 Å². The Balaban J connectivity index is 1.58. The topological polar surface area (TPSA) is 77.4 Å². The van der Waals surface area contributed by atoms with Crippen LogP contribution in [0.4, 0.5) is 5.69 Å². The van der Waals surface area contributed by atoms with Crippen LogP contribution in [-0.4, -0.2) is 19.6 Å². The van der Waals surface area contributed by atoms with Crippen LogP contribution in [-0.2, 0) is 16.6 Å². The Hall–Kier alpha value is -3.07. The zero-order chi connectivity index (χ0) is 22.7. The number of nitrogens with one attached hydrogen (secondary N) is 1. The highest BCUT2D eigenvalue weighted by atomic mass is 35.5. The second kappa shape index (κ2) is 9.20. The second-order valence-electron chi connectivity index (χ2n) is 6.94. The molecule has 6 nitrogen and oxygen atoms in total. The number of hydrogen-bond acceptors (Lipinski definition) is 5. The summed E-state index contributed by atoms with van der Waals surface area (Å²) in [6.45, 7) is 4.33. The molecule has 0 amide bonds. The quantitative estimate of drug-likeness (QED) is 0.350. The number of sulfonamides is 1. The van der Waals surface area contributed by atoms with Gasteiger partial charge in [-0.2, -0.15) is 0 Å². The lowest BCUT2D eigenvalue weighted by atomic mass is 10.2. The number of hydrogen-bond donors (Lipinski definition) is 1. The van der Waals surface area contributed by atoms with Crippen LogP contribution >= 0.6 is 22.9 Å². The van der Waals surface area contributed by atoms with Crippen molar-refractivity contribution in [1.82, 2.24) is 4.57 Å². The Kier molecular flexibility index (Phi) is 6.36. The molecule has 1 N–H and O–H groups in total. The number of benzene rings is 3. The molecular formula is C23H19ClN2O4S2. The average Bonchev–Trinajstić information content (AvgIpc) is 3.09. The number of thiazole rings is 1. The fraction of sp³-hybridized carbons (Fsp3) is 0.0870. The number of rotatable bonds is 8. The van der Waals surface area contributed by atoms with Gasteiger partial charge < -0.3 is 4.74 Å². The molecule has 9 heteroatoms. The van der Waals surface area contributed by atoms with Gasteiger partial charge in [-0.25, -0.2) is 8.42 Å². The van der Waals surface area contributed by atoms with Gasteiger partial charge in [-0.1, -0.05) is 47.7 Å². The summed E-state index contributed by atoms with van der Waals surface area (Å²) in [5, 5.41) is 0.623. The van der Waals surface area contributed by atoms with Gasteiger partial charge in [0.15, 0.2) is 0 Å². The first-order chi connectivity index (χ1) is 15.4. The number of nitrogens with zero attached hydrogens (tertiary/aromatic N) is 1. The van der Waals surface area contributed by atoms with E-state index in [1.807, 2.05) is 12.1 Å². The first-order valence-corrected chi connectivity index (χ1v) is 12.3. The molecule has 0 aliphatic heterocycles. The predicted molar refractivity (Wildman–Crippen MR) is 130 cm³/mol. The zero-order valence-corrected chi connectivity index (χ0v) is 19.2. The van der Waals surface area contributed by atoms with E-state index in [2.05, 4.69) is 11.3 Å². The van der Waals surface area contributed by atoms with Crippen LogP contribution < -0.4 is 14.3 Å². The van der Waals surface area contributed by atoms with Crippen molar-refractivity contribution in [3.05, 3.63) is 99.6 Å². The summed E-state index contributed by atoms with van der Waals surface area (Å²) < 4.78 is 35.9. The maximum absolute atomic E-state index is 12.9. The minimum Gasteiger partial charge on any atom is -0.490 e. The van der Waals surface area contributed by atoms with Crippen LogP contribution in [0.25, 0.3) is 10.2 Å². The molecule has 0 unspecified atom stereocenters. The second-order valence-corrected chi connectivity index (χ2v) is 10.1. The van der Waals surface area contributed by atoms with Gasteiger partial charge in [0.05, 0.1) is 21.7 Å². The largest absolute Gasteiger partial charge is 0.490 e. The summed E-state index contributed by atoms with van der Waals surface area (Å²) in [6, 6.07) is 18.5. The van der Waals surface area contributed by atoms with Gasteiger partial charge in [0.2, 0.25) is 0 Å².